The summed E-state index contributed by atoms with van der Waals surface area (Å²) in [6.07, 6.45) is 5.91. The SMILES string of the molecule is C=CCSc1nc2sc3c(c2c(=O)n1-c1ccccc1F)CCCC3. The largest absolute Gasteiger partial charge is 0.268 e. The number of nitrogens with zero attached hydrogens (tertiary/aromatic N) is 2. The molecule has 0 N–H and O–H groups in total. The molecule has 2 aromatic heterocycles. The highest BCUT2D eigenvalue weighted by molar-refractivity contribution is 7.99. The zero-order valence-corrected chi connectivity index (χ0v) is 15.3. The van der Waals surface area contributed by atoms with Crippen LogP contribution in [0.5, 0.6) is 0 Å². The van der Waals surface area contributed by atoms with Gasteiger partial charge in [-0.15, -0.1) is 17.9 Å². The maximum atomic E-state index is 14.4. The fraction of sp³-hybridized carbons (Fsp3) is 0.263. The second-order valence-corrected chi connectivity index (χ2v) is 8.05. The van der Waals surface area contributed by atoms with Gasteiger partial charge in [0, 0.05) is 10.6 Å². The van der Waals surface area contributed by atoms with Crippen molar-refractivity contribution in [3.8, 4) is 5.69 Å². The third kappa shape index (κ3) is 2.83. The summed E-state index contributed by atoms with van der Waals surface area (Å²) >= 11 is 3.01. The second-order valence-electron chi connectivity index (χ2n) is 5.98. The Hall–Kier alpha value is -1.92. The lowest BCUT2D eigenvalue weighted by Crippen LogP contribution is -2.23. The lowest BCUT2D eigenvalue weighted by Gasteiger charge is -2.13. The summed E-state index contributed by atoms with van der Waals surface area (Å²) in [5.74, 6) is 0.188. The molecule has 4 rings (SSSR count). The molecule has 0 spiro atoms. The van der Waals surface area contributed by atoms with Gasteiger partial charge in [0.25, 0.3) is 5.56 Å². The zero-order valence-electron chi connectivity index (χ0n) is 13.6. The predicted octanol–water partition coefficient (Wildman–Crippen LogP) is 4.74. The Morgan fingerprint density at radius 1 is 1.32 bits per heavy atom. The van der Waals surface area contributed by atoms with Crippen molar-refractivity contribution in [2.24, 2.45) is 0 Å². The summed E-state index contributed by atoms with van der Waals surface area (Å²) in [6, 6.07) is 6.36. The van der Waals surface area contributed by atoms with Crippen LogP contribution >= 0.6 is 23.1 Å². The van der Waals surface area contributed by atoms with Crippen LogP contribution in [0.2, 0.25) is 0 Å². The number of aryl methyl sites for hydroxylation is 2. The van der Waals surface area contributed by atoms with Crippen molar-refractivity contribution in [2.45, 2.75) is 30.8 Å². The van der Waals surface area contributed by atoms with E-state index < -0.39 is 5.82 Å². The molecule has 128 valence electrons. The number of rotatable bonds is 4. The molecule has 0 atom stereocenters. The molecule has 3 nitrogen and oxygen atoms in total. The smallest absolute Gasteiger partial charge is 0.267 e. The van der Waals surface area contributed by atoms with E-state index in [1.54, 1.807) is 35.6 Å². The second kappa shape index (κ2) is 6.77. The summed E-state index contributed by atoms with van der Waals surface area (Å²) in [6.45, 7) is 3.73. The van der Waals surface area contributed by atoms with Crippen LogP contribution in [0.15, 0.2) is 46.9 Å². The minimum absolute atomic E-state index is 0.166. The van der Waals surface area contributed by atoms with Crippen molar-refractivity contribution in [3.05, 3.63) is 63.5 Å². The highest BCUT2D eigenvalue weighted by atomic mass is 32.2. The van der Waals surface area contributed by atoms with Gasteiger partial charge in [0.1, 0.15) is 10.6 Å². The molecule has 0 amide bonds. The van der Waals surface area contributed by atoms with Crippen LogP contribution in [0, 0.1) is 5.82 Å². The van der Waals surface area contributed by atoms with Crippen LogP contribution in [0.3, 0.4) is 0 Å². The van der Waals surface area contributed by atoms with Gasteiger partial charge in [-0.3, -0.25) is 9.36 Å². The van der Waals surface area contributed by atoms with E-state index in [1.165, 1.54) is 27.3 Å². The van der Waals surface area contributed by atoms with Gasteiger partial charge in [-0.05, 0) is 43.4 Å². The Balaban J connectivity index is 2.04. The predicted molar refractivity (Wildman–Crippen MR) is 103 cm³/mol. The zero-order chi connectivity index (χ0) is 17.4. The molecule has 1 aromatic carbocycles. The highest BCUT2D eigenvalue weighted by Gasteiger charge is 2.23. The molecular formula is C19H17FN2OS2. The van der Waals surface area contributed by atoms with Crippen LogP contribution in [0.25, 0.3) is 15.9 Å². The van der Waals surface area contributed by atoms with Gasteiger partial charge < -0.3 is 0 Å². The van der Waals surface area contributed by atoms with Gasteiger partial charge >= 0.3 is 0 Å². The fourth-order valence-corrected chi connectivity index (χ4v) is 5.30. The molecule has 1 aliphatic carbocycles. The number of hydrogen-bond acceptors (Lipinski definition) is 4. The third-order valence-electron chi connectivity index (χ3n) is 4.38. The number of halogens is 1. The number of para-hydroxylation sites is 1. The lowest BCUT2D eigenvalue weighted by molar-refractivity contribution is 0.608. The lowest BCUT2D eigenvalue weighted by atomic mass is 9.97. The van der Waals surface area contributed by atoms with Crippen molar-refractivity contribution >= 4 is 33.3 Å². The van der Waals surface area contributed by atoms with E-state index in [-0.39, 0.29) is 11.2 Å². The van der Waals surface area contributed by atoms with Crippen LogP contribution in [-0.4, -0.2) is 15.3 Å². The van der Waals surface area contributed by atoms with Crippen molar-refractivity contribution in [1.82, 2.24) is 9.55 Å². The Morgan fingerprint density at radius 2 is 2.12 bits per heavy atom. The van der Waals surface area contributed by atoms with Crippen molar-refractivity contribution in [1.29, 1.82) is 0 Å². The normalized spacial score (nSPS) is 13.8. The summed E-state index contributed by atoms with van der Waals surface area (Å²) in [5, 5.41) is 1.19. The molecule has 3 aromatic rings. The molecular weight excluding hydrogens is 355 g/mol. The van der Waals surface area contributed by atoms with Crippen molar-refractivity contribution in [3.63, 3.8) is 0 Å². The maximum absolute atomic E-state index is 14.4. The monoisotopic (exact) mass is 372 g/mol. The van der Waals surface area contributed by atoms with Gasteiger partial charge in [0.2, 0.25) is 0 Å². The number of thiophene rings is 1. The molecule has 2 heterocycles. The molecule has 0 radical (unpaired) electrons. The number of thioether (sulfide) groups is 1. The Morgan fingerprint density at radius 3 is 2.92 bits per heavy atom. The highest BCUT2D eigenvalue weighted by Crippen LogP contribution is 2.35. The molecule has 1 aliphatic rings. The van der Waals surface area contributed by atoms with Crippen molar-refractivity contribution in [2.75, 3.05) is 5.75 Å². The average molecular weight is 372 g/mol. The number of benzene rings is 1. The first-order valence-corrected chi connectivity index (χ1v) is 10.1. The number of hydrogen-bond donors (Lipinski definition) is 0. The van der Waals surface area contributed by atoms with Gasteiger partial charge in [0.05, 0.1) is 11.1 Å². The van der Waals surface area contributed by atoms with Gasteiger partial charge in [-0.2, -0.15) is 0 Å². The Kier molecular flexibility index (Phi) is 4.48. The van der Waals surface area contributed by atoms with Gasteiger partial charge in [-0.1, -0.05) is 30.0 Å². The first-order valence-electron chi connectivity index (χ1n) is 8.26. The van der Waals surface area contributed by atoms with Crippen LogP contribution in [-0.2, 0) is 12.8 Å². The van der Waals surface area contributed by atoms with Crippen LogP contribution in [0.1, 0.15) is 23.3 Å². The van der Waals surface area contributed by atoms with Crippen LogP contribution in [0.4, 0.5) is 4.39 Å². The summed E-state index contributed by atoms with van der Waals surface area (Å²) in [4.78, 5) is 20.1. The molecule has 25 heavy (non-hydrogen) atoms. The average Bonchev–Trinajstić information content (AvgIpc) is 2.99. The topological polar surface area (TPSA) is 34.9 Å². The molecule has 0 saturated heterocycles. The van der Waals surface area contributed by atoms with Gasteiger partial charge in [0.15, 0.2) is 5.16 Å². The molecule has 0 fully saturated rings. The number of aromatic nitrogens is 2. The molecule has 0 saturated carbocycles. The minimum atomic E-state index is -0.421. The molecule has 6 heteroatoms. The van der Waals surface area contributed by atoms with Gasteiger partial charge in [-0.25, -0.2) is 9.37 Å². The van der Waals surface area contributed by atoms with Crippen LogP contribution < -0.4 is 5.56 Å². The van der Waals surface area contributed by atoms with E-state index in [0.29, 0.717) is 16.3 Å². The quantitative estimate of drug-likeness (QED) is 0.377. The minimum Gasteiger partial charge on any atom is -0.268 e. The first-order chi connectivity index (χ1) is 12.2. The Labute approximate surface area is 153 Å². The van der Waals surface area contributed by atoms with E-state index in [4.69, 9.17) is 4.98 Å². The standard InChI is InChI=1S/C19H17FN2OS2/c1-2-11-24-19-21-17-16(12-7-3-6-10-15(12)25-17)18(23)22(19)14-9-5-4-8-13(14)20/h2,4-5,8-9H,1,3,6-7,10-11H2. The van der Waals surface area contributed by atoms with E-state index >= 15 is 0 Å². The van der Waals surface area contributed by atoms with E-state index in [1.807, 2.05) is 0 Å². The summed E-state index contributed by atoms with van der Waals surface area (Å²) in [7, 11) is 0. The van der Waals surface area contributed by atoms with E-state index in [0.717, 1.165) is 36.1 Å². The summed E-state index contributed by atoms with van der Waals surface area (Å²) in [5.41, 5.74) is 1.21. The Bertz CT molecular complexity index is 1020. The third-order valence-corrected chi connectivity index (χ3v) is 6.50. The van der Waals surface area contributed by atoms with Crippen molar-refractivity contribution < 1.29 is 4.39 Å². The summed E-state index contributed by atoms with van der Waals surface area (Å²) < 4.78 is 15.8. The first kappa shape index (κ1) is 16.5. The molecule has 0 unspecified atom stereocenters. The van der Waals surface area contributed by atoms with E-state index in [2.05, 4.69) is 6.58 Å². The van der Waals surface area contributed by atoms with E-state index in [9.17, 15) is 9.18 Å². The molecule has 0 bridgehead atoms. The molecule has 0 aliphatic heterocycles. The number of fused-ring (bicyclic) bond motifs is 3. The fourth-order valence-electron chi connectivity index (χ4n) is 3.26. The maximum Gasteiger partial charge on any atom is 0.267 e.